The number of amides is 1. The van der Waals surface area contributed by atoms with Crippen molar-refractivity contribution in [1.82, 2.24) is 10.3 Å². The lowest BCUT2D eigenvalue weighted by Gasteiger charge is -2.14. The summed E-state index contributed by atoms with van der Waals surface area (Å²) in [6, 6.07) is 16.8. The van der Waals surface area contributed by atoms with Crippen molar-refractivity contribution >= 4 is 23.5 Å². The van der Waals surface area contributed by atoms with Crippen molar-refractivity contribution in [2.45, 2.75) is 19.6 Å². The molecule has 4 N–H and O–H groups in total. The van der Waals surface area contributed by atoms with Gasteiger partial charge in [-0.2, -0.15) is 13.2 Å². The van der Waals surface area contributed by atoms with E-state index in [0.717, 1.165) is 11.6 Å². The molecule has 0 unspecified atom stereocenters. The van der Waals surface area contributed by atoms with Gasteiger partial charge in [0, 0.05) is 5.56 Å². The van der Waals surface area contributed by atoms with Crippen LogP contribution in [0.5, 0.6) is 0 Å². The van der Waals surface area contributed by atoms with E-state index in [1.54, 1.807) is 42.5 Å². The Morgan fingerprint density at radius 1 is 1.03 bits per heavy atom. The van der Waals surface area contributed by atoms with Gasteiger partial charge in [-0.3, -0.25) is 10.1 Å². The van der Waals surface area contributed by atoms with Crippen molar-refractivity contribution in [2.75, 3.05) is 11.1 Å². The minimum Gasteiger partial charge on any atom is -0.384 e. The van der Waals surface area contributed by atoms with Gasteiger partial charge < -0.3 is 11.1 Å². The third-order valence-corrected chi connectivity index (χ3v) is 4.29. The molecule has 0 aliphatic carbocycles. The van der Waals surface area contributed by atoms with Crippen LogP contribution in [0.1, 0.15) is 27.0 Å². The molecular formula is C22H20F3N5O. The predicted octanol–water partition coefficient (Wildman–Crippen LogP) is 4.39. The van der Waals surface area contributed by atoms with Gasteiger partial charge in [-0.25, -0.2) is 9.98 Å². The van der Waals surface area contributed by atoms with Crippen LogP contribution in [0.3, 0.4) is 0 Å². The van der Waals surface area contributed by atoms with E-state index in [4.69, 9.17) is 5.73 Å². The zero-order valence-electron chi connectivity index (χ0n) is 16.6. The fraction of sp³-hybridized carbons (Fsp3) is 0.136. The predicted molar refractivity (Wildman–Crippen MR) is 114 cm³/mol. The highest BCUT2D eigenvalue weighted by Crippen LogP contribution is 2.32. The number of nitrogens with zero attached hydrogens (tertiary/aromatic N) is 2. The summed E-state index contributed by atoms with van der Waals surface area (Å²) < 4.78 is 39.8. The molecule has 0 radical (unpaired) electrons. The summed E-state index contributed by atoms with van der Waals surface area (Å²) in [6.07, 6.45) is -4.51. The number of rotatable bonds is 4. The molecule has 9 heteroatoms. The van der Waals surface area contributed by atoms with Gasteiger partial charge in [-0.15, -0.1) is 0 Å². The number of nitrogens with two attached hydrogens (primary N) is 1. The summed E-state index contributed by atoms with van der Waals surface area (Å²) in [4.78, 5) is 20.8. The minimum atomic E-state index is -4.51. The fourth-order valence-electron chi connectivity index (χ4n) is 2.74. The number of guanidine groups is 1. The molecule has 3 rings (SSSR count). The Morgan fingerprint density at radius 2 is 1.74 bits per heavy atom. The van der Waals surface area contributed by atoms with Gasteiger partial charge >= 0.3 is 6.18 Å². The minimum absolute atomic E-state index is 0.0283. The number of aliphatic imine (C=N–C) groups is 1. The summed E-state index contributed by atoms with van der Waals surface area (Å²) in [7, 11) is 0. The van der Waals surface area contributed by atoms with E-state index in [1.165, 1.54) is 18.2 Å². The topological polar surface area (TPSA) is 92.4 Å². The molecule has 0 atom stereocenters. The van der Waals surface area contributed by atoms with Crippen LogP contribution in [-0.4, -0.2) is 16.9 Å². The number of nitrogen functional groups attached to an aromatic ring is 1. The van der Waals surface area contributed by atoms with Gasteiger partial charge in [-0.05, 0) is 42.8 Å². The number of hydrogen-bond acceptors (Lipinski definition) is 4. The number of nitrogens with one attached hydrogen (secondary N) is 2. The molecule has 0 aliphatic rings. The molecular weight excluding hydrogens is 407 g/mol. The Balaban J connectivity index is 1.88. The van der Waals surface area contributed by atoms with Crippen molar-refractivity contribution in [3.05, 3.63) is 89.0 Å². The van der Waals surface area contributed by atoms with Crippen LogP contribution in [-0.2, 0) is 12.7 Å². The lowest BCUT2D eigenvalue weighted by Crippen LogP contribution is -2.36. The quantitative estimate of drug-likeness (QED) is 0.425. The lowest BCUT2D eigenvalue weighted by molar-refractivity contribution is -0.138. The summed E-state index contributed by atoms with van der Waals surface area (Å²) >= 11 is 0. The molecule has 1 amide bonds. The fourth-order valence-corrected chi connectivity index (χ4v) is 2.74. The van der Waals surface area contributed by atoms with Crippen molar-refractivity contribution in [3.63, 3.8) is 0 Å². The molecule has 0 saturated heterocycles. The molecule has 31 heavy (non-hydrogen) atoms. The van der Waals surface area contributed by atoms with E-state index in [9.17, 15) is 18.0 Å². The molecule has 3 aromatic rings. The van der Waals surface area contributed by atoms with Gasteiger partial charge in [0.25, 0.3) is 5.91 Å². The third-order valence-electron chi connectivity index (χ3n) is 4.29. The number of benzene rings is 2. The van der Waals surface area contributed by atoms with Crippen LogP contribution in [0.2, 0.25) is 0 Å². The first-order valence-electron chi connectivity index (χ1n) is 9.29. The second-order valence-corrected chi connectivity index (χ2v) is 6.71. The monoisotopic (exact) mass is 427 g/mol. The van der Waals surface area contributed by atoms with Gasteiger partial charge in [0.1, 0.15) is 11.6 Å². The van der Waals surface area contributed by atoms with Gasteiger partial charge in [-0.1, -0.05) is 42.0 Å². The maximum Gasteiger partial charge on any atom is 0.416 e. The van der Waals surface area contributed by atoms with Gasteiger partial charge in [0.05, 0.1) is 12.1 Å². The molecule has 1 heterocycles. The maximum absolute atomic E-state index is 13.3. The number of hydrogen-bond donors (Lipinski definition) is 3. The zero-order valence-corrected chi connectivity index (χ0v) is 16.6. The third kappa shape index (κ3) is 6.05. The Hall–Kier alpha value is -3.88. The Kier molecular flexibility index (Phi) is 6.54. The molecule has 1 aromatic heterocycles. The van der Waals surface area contributed by atoms with Crippen molar-refractivity contribution < 1.29 is 18.0 Å². The number of aryl methyl sites for hydroxylation is 1. The van der Waals surface area contributed by atoms with E-state index < -0.39 is 17.6 Å². The molecule has 2 aromatic carbocycles. The molecule has 0 aliphatic heterocycles. The number of halogens is 3. The highest BCUT2D eigenvalue weighted by Gasteiger charge is 2.32. The number of aromatic nitrogens is 1. The van der Waals surface area contributed by atoms with Crippen LogP contribution < -0.4 is 16.4 Å². The van der Waals surface area contributed by atoms with E-state index in [1.807, 2.05) is 6.92 Å². The van der Waals surface area contributed by atoms with Crippen molar-refractivity contribution in [1.29, 1.82) is 0 Å². The van der Waals surface area contributed by atoms with Crippen LogP contribution in [0.25, 0.3) is 0 Å². The van der Waals surface area contributed by atoms with Crippen LogP contribution in [0.4, 0.5) is 24.8 Å². The number of carbonyl (C=O) groups excluding carboxylic acids is 1. The smallest absolute Gasteiger partial charge is 0.384 e. The largest absolute Gasteiger partial charge is 0.416 e. The van der Waals surface area contributed by atoms with Gasteiger partial charge in [0.15, 0.2) is 0 Å². The SMILES string of the molecule is Cc1ccc(C(=O)NC(=NCc2ccccc2C(F)(F)F)Nc2cccc(N)n2)cc1. The van der Waals surface area contributed by atoms with E-state index in [0.29, 0.717) is 5.56 Å². The Labute approximate surface area is 177 Å². The first kappa shape index (κ1) is 21.8. The second kappa shape index (κ2) is 9.29. The molecule has 0 spiro atoms. The lowest BCUT2D eigenvalue weighted by atomic mass is 10.1. The second-order valence-electron chi connectivity index (χ2n) is 6.71. The van der Waals surface area contributed by atoms with E-state index >= 15 is 0 Å². The summed E-state index contributed by atoms with van der Waals surface area (Å²) in [5.74, 6) is -0.0106. The number of anilines is 2. The zero-order chi connectivity index (χ0) is 22.4. The molecule has 0 bridgehead atoms. The first-order chi connectivity index (χ1) is 14.7. The summed E-state index contributed by atoms with van der Waals surface area (Å²) in [6.45, 7) is 1.58. The standard InChI is InChI=1S/C22H20F3N5O/c1-14-9-11-15(12-10-14)20(31)30-21(29-19-8-4-7-18(26)28-19)27-13-16-5-2-3-6-17(16)22(23,24)25/h2-12H,13H2,1H3,(H4,26,27,28,29,30,31). The molecule has 0 saturated carbocycles. The van der Waals surface area contributed by atoms with Crippen LogP contribution in [0, 0.1) is 6.92 Å². The highest BCUT2D eigenvalue weighted by atomic mass is 19.4. The van der Waals surface area contributed by atoms with Crippen molar-refractivity contribution in [3.8, 4) is 0 Å². The van der Waals surface area contributed by atoms with Crippen LogP contribution in [0.15, 0.2) is 71.7 Å². The van der Waals surface area contributed by atoms with E-state index in [2.05, 4.69) is 20.6 Å². The number of alkyl halides is 3. The summed E-state index contributed by atoms with van der Waals surface area (Å²) in [5.41, 5.74) is 6.21. The first-order valence-corrected chi connectivity index (χ1v) is 9.29. The average Bonchev–Trinajstić information content (AvgIpc) is 2.72. The van der Waals surface area contributed by atoms with E-state index in [-0.39, 0.29) is 29.7 Å². The maximum atomic E-state index is 13.3. The molecule has 0 fully saturated rings. The Bertz CT molecular complexity index is 1090. The molecule has 6 nitrogen and oxygen atoms in total. The normalized spacial score (nSPS) is 11.8. The highest BCUT2D eigenvalue weighted by molar-refractivity contribution is 6.09. The summed E-state index contributed by atoms with van der Waals surface area (Å²) in [5, 5.41) is 5.39. The van der Waals surface area contributed by atoms with Crippen LogP contribution >= 0.6 is 0 Å². The Morgan fingerprint density at radius 3 is 2.42 bits per heavy atom. The average molecular weight is 427 g/mol. The molecule has 160 valence electrons. The number of pyridine rings is 1. The van der Waals surface area contributed by atoms with Crippen molar-refractivity contribution in [2.24, 2.45) is 4.99 Å². The van der Waals surface area contributed by atoms with Gasteiger partial charge in [0.2, 0.25) is 5.96 Å². The number of carbonyl (C=O) groups is 1.